The van der Waals surface area contributed by atoms with Crippen LogP contribution in [0, 0.1) is 0 Å². The number of nitrogens with zero attached hydrogens (tertiary/aromatic N) is 4. The van der Waals surface area contributed by atoms with Crippen LogP contribution in [0.2, 0.25) is 0 Å². The Labute approximate surface area is 322 Å². The first kappa shape index (κ1) is 31.9. The van der Waals surface area contributed by atoms with Gasteiger partial charge in [-0.15, -0.1) is 0 Å². The van der Waals surface area contributed by atoms with Gasteiger partial charge in [-0.1, -0.05) is 146 Å². The minimum Gasteiger partial charge on any atom is -0.456 e. The molecule has 0 saturated carbocycles. The van der Waals surface area contributed by atoms with Crippen LogP contribution in [0.5, 0.6) is 0 Å². The lowest BCUT2D eigenvalue weighted by Crippen LogP contribution is -2.01. The van der Waals surface area contributed by atoms with E-state index >= 15 is 0 Å². The Morgan fingerprint density at radius 3 is 1.61 bits per heavy atom. The second kappa shape index (κ2) is 13.0. The summed E-state index contributed by atoms with van der Waals surface area (Å²) in [6, 6.07) is 67.5. The van der Waals surface area contributed by atoms with Gasteiger partial charge in [0.25, 0.3) is 0 Å². The van der Waals surface area contributed by atoms with Gasteiger partial charge in [0.05, 0.1) is 11.0 Å². The van der Waals surface area contributed by atoms with Gasteiger partial charge in [-0.3, -0.25) is 0 Å². The highest BCUT2D eigenvalue weighted by atomic mass is 16.3. The highest BCUT2D eigenvalue weighted by Crippen LogP contribution is 2.38. The highest BCUT2D eigenvalue weighted by Gasteiger charge is 2.17. The van der Waals surface area contributed by atoms with Crippen LogP contribution >= 0.6 is 0 Å². The number of aromatic nitrogens is 4. The minimum absolute atomic E-state index is 0.617. The quantitative estimate of drug-likeness (QED) is 0.172. The van der Waals surface area contributed by atoms with Gasteiger partial charge < -0.3 is 8.98 Å². The molecule has 0 atom stereocenters. The predicted molar refractivity (Wildman–Crippen MR) is 229 cm³/mol. The third kappa shape index (κ3) is 5.45. The van der Waals surface area contributed by atoms with Gasteiger partial charge in [0.15, 0.2) is 17.5 Å². The van der Waals surface area contributed by atoms with Gasteiger partial charge in [-0.2, -0.15) is 0 Å². The molecular weight excluding hydrogens is 685 g/mol. The topological polar surface area (TPSA) is 56.7 Å². The summed E-state index contributed by atoms with van der Waals surface area (Å²) in [7, 11) is 0. The molecule has 8 aromatic carbocycles. The first-order chi connectivity index (χ1) is 27.7. The van der Waals surface area contributed by atoms with E-state index in [4.69, 9.17) is 19.4 Å². The average Bonchev–Trinajstić information content (AvgIpc) is 3.82. The lowest BCUT2D eigenvalue weighted by Gasteiger charge is -2.12. The van der Waals surface area contributed by atoms with Crippen LogP contribution in [0.4, 0.5) is 0 Å². The van der Waals surface area contributed by atoms with Crippen molar-refractivity contribution in [1.82, 2.24) is 19.5 Å². The zero-order chi connectivity index (χ0) is 37.0. The van der Waals surface area contributed by atoms with E-state index < -0.39 is 0 Å². The van der Waals surface area contributed by atoms with Crippen molar-refractivity contribution in [3.63, 3.8) is 0 Å². The van der Waals surface area contributed by atoms with E-state index in [1.807, 2.05) is 48.5 Å². The monoisotopic (exact) mass is 716 g/mol. The standard InChI is InChI=1S/C51H32N4O/c1-3-12-33(13-4-1)34-22-24-36(25-23-34)50-52-49(35-14-5-2-6-15-35)53-51(54-50)39-16-11-17-40(30-39)55-45-20-9-7-18-41(45)44-31-37(27-29-46(44)55)38-26-28-43-42-19-8-10-21-47(42)56-48(43)32-38/h1-32H. The fourth-order valence-corrected chi connectivity index (χ4v) is 7.91. The van der Waals surface area contributed by atoms with E-state index in [1.54, 1.807) is 0 Å². The normalized spacial score (nSPS) is 11.6. The maximum Gasteiger partial charge on any atom is 0.164 e. The number of hydrogen-bond acceptors (Lipinski definition) is 4. The molecule has 0 aliphatic heterocycles. The van der Waals surface area contributed by atoms with Gasteiger partial charge in [0.2, 0.25) is 0 Å². The zero-order valence-corrected chi connectivity index (χ0v) is 30.2. The molecule has 5 nitrogen and oxygen atoms in total. The molecule has 5 heteroatoms. The summed E-state index contributed by atoms with van der Waals surface area (Å²) in [5, 5.41) is 4.63. The highest BCUT2D eigenvalue weighted by molar-refractivity contribution is 6.11. The fourth-order valence-electron chi connectivity index (χ4n) is 7.91. The SMILES string of the molecule is c1ccc(-c2ccc(-c3nc(-c4ccccc4)nc(-c4cccc(-n5c6ccccc6c6cc(-c7ccc8c(c7)oc7ccccc78)ccc65)c4)n3)cc2)cc1. The number of benzene rings is 8. The van der Waals surface area contributed by atoms with Crippen LogP contribution < -0.4 is 0 Å². The van der Waals surface area contributed by atoms with Crippen LogP contribution in [0.15, 0.2) is 199 Å². The largest absolute Gasteiger partial charge is 0.456 e. The molecule has 0 aliphatic carbocycles. The Morgan fingerprint density at radius 2 is 0.821 bits per heavy atom. The van der Waals surface area contributed by atoms with Crippen molar-refractivity contribution < 1.29 is 4.42 Å². The van der Waals surface area contributed by atoms with E-state index in [0.29, 0.717) is 17.5 Å². The Morgan fingerprint density at radius 1 is 0.304 bits per heavy atom. The van der Waals surface area contributed by atoms with Gasteiger partial charge in [-0.05, 0) is 70.8 Å². The van der Waals surface area contributed by atoms with Crippen LogP contribution in [0.1, 0.15) is 0 Å². The van der Waals surface area contributed by atoms with E-state index in [-0.39, 0.29) is 0 Å². The zero-order valence-electron chi connectivity index (χ0n) is 30.2. The molecule has 0 amide bonds. The van der Waals surface area contributed by atoms with Crippen LogP contribution in [0.3, 0.4) is 0 Å². The molecule has 0 aliphatic rings. The summed E-state index contributed by atoms with van der Waals surface area (Å²) in [6.45, 7) is 0. The summed E-state index contributed by atoms with van der Waals surface area (Å²) >= 11 is 0. The van der Waals surface area contributed by atoms with E-state index in [9.17, 15) is 0 Å². The molecule has 0 saturated heterocycles. The second-order valence-electron chi connectivity index (χ2n) is 14.1. The van der Waals surface area contributed by atoms with Crippen molar-refractivity contribution >= 4 is 43.7 Å². The summed E-state index contributed by atoms with van der Waals surface area (Å²) in [5.41, 5.74) is 12.4. The van der Waals surface area contributed by atoms with Crippen molar-refractivity contribution in [2.45, 2.75) is 0 Å². The first-order valence-electron chi connectivity index (χ1n) is 18.8. The molecule has 0 radical (unpaired) electrons. The van der Waals surface area contributed by atoms with E-state index in [1.165, 1.54) is 16.3 Å². The summed E-state index contributed by atoms with van der Waals surface area (Å²) in [6.07, 6.45) is 0. The molecule has 3 aromatic heterocycles. The van der Waals surface area contributed by atoms with Crippen molar-refractivity contribution in [2.75, 3.05) is 0 Å². The number of furan rings is 1. The molecule has 0 N–H and O–H groups in total. The van der Waals surface area contributed by atoms with Crippen molar-refractivity contribution in [3.05, 3.63) is 194 Å². The fraction of sp³-hybridized carbons (Fsp3) is 0. The van der Waals surface area contributed by atoms with E-state index in [2.05, 4.69) is 150 Å². The van der Waals surface area contributed by atoms with Crippen LogP contribution in [-0.2, 0) is 0 Å². The maximum absolute atomic E-state index is 6.25. The van der Waals surface area contributed by atoms with Crippen LogP contribution in [0.25, 0.3) is 106 Å². The van der Waals surface area contributed by atoms with Gasteiger partial charge in [0, 0.05) is 43.9 Å². The van der Waals surface area contributed by atoms with E-state index in [0.717, 1.165) is 72.0 Å². The third-order valence-electron chi connectivity index (χ3n) is 10.7. The molecule has 0 unspecified atom stereocenters. The Bertz CT molecular complexity index is 3240. The Kier molecular flexibility index (Phi) is 7.42. The maximum atomic E-state index is 6.25. The second-order valence-corrected chi connectivity index (χ2v) is 14.1. The lowest BCUT2D eigenvalue weighted by atomic mass is 10.0. The summed E-state index contributed by atoms with van der Waals surface area (Å²) in [5.74, 6) is 1.88. The number of para-hydroxylation sites is 2. The average molecular weight is 717 g/mol. The Hall–Kier alpha value is -7.63. The minimum atomic E-state index is 0.617. The van der Waals surface area contributed by atoms with Crippen molar-refractivity contribution in [3.8, 4) is 62.1 Å². The molecule has 0 spiro atoms. The molecular formula is C51H32N4O. The van der Waals surface area contributed by atoms with Gasteiger partial charge >= 0.3 is 0 Å². The summed E-state index contributed by atoms with van der Waals surface area (Å²) in [4.78, 5) is 15.1. The predicted octanol–water partition coefficient (Wildman–Crippen LogP) is 13.2. The molecule has 0 bridgehead atoms. The molecule has 56 heavy (non-hydrogen) atoms. The number of rotatable bonds is 6. The first-order valence-corrected chi connectivity index (χ1v) is 18.8. The molecule has 262 valence electrons. The lowest BCUT2D eigenvalue weighted by molar-refractivity contribution is 0.669. The van der Waals surface area contributed by atoms with Crippen molar-refractivity contribution in [2.24, 2.45) is 0 Å². The molecule has 0 fully saturated rings. The Balaban J connectivity index is 1.02. The van der Waals surface area contributed by atoms with Gasteiger partial charge in [-0.25, -0.2) is 15.0 Å². The number of fused-ring (bicyclic) bond motifs is 6. The molecule has 3 heterocycles. The summed E-state index contributed by atoms with van der Waals surface area (Å²) < 4.78 is 8.59. The third-order valence-corrected chi connectivity index (χ3v) is 10.7. The smallest absolute Gasteiger partial charge is 0.164 e. The van der Waals surface area contributed by atoms with Crippen LogP contribution in [-0.4, -0.2) is 19.5 Å². The molecule has 11 rings (SSSR count). The number of hydrogen-bond donors (Lipinski definition) is 0. The van der Waals surface area contributed by atoms with Gasteiger partial charge in [0.1, 0.15) is 11.2 Å². The van der Waals surface area contributed by atoms with Crippen molar-refractivity contribution in [1.29, 1.82) is 0 Å². The molecule has 11 aromatic rings.